The highest BCUT2D eigenvalue weighted by Crippen LogP contribution is 2.38. The standard InChI is InChI=1S/C41H48F5N5O/c1-5-48-21-19-34(20-22-48)49(24-29-9-11-30(12-10-29)31-13-16-33(17-14-31)41(44,45)46)38(52)26-50-35(18-15-32-7-6-8-37(42)39(32)43)23-28(4)36-25-51(27(2)3)47-40(36)50/h6-9,11-13,16-17,23,25,27,29,31,34H,4-5,10,14-15,18-22,24,26H2,1-3H3. The van der Waals surface area contributed by atoms with Crippen LogP contribution in [0.3, 0.4) is 0 Å². The predicted molar refractivity (Wildman–Crippen MR) is 195 cm³/mol. The van der Waals surface area contributed by atoms with Crippen molar-refractivity contribution in [2.75, 3.05) is 37.6 Å². The van der Waals surface area contributed by atoms with Crippen LogP contribution >= 0.6 is 0 Å². The monoisotopic (exact) mass is 721 g/mol. The molecule has 278 valence electrons. The van der Waals surface area contributed by atoms with Gasteiger partial charge in [0.05, 0.1) is 5.57 Å². The molecule has 11 heteroatoms. The van der Waals surface area contributed by atoms with Crippen molar-refractivity contribution in [3.63, 3.8) is 0 Å². The average Bonchev–Trinajstić information content (AvgIpc) is 3.60. The van der Waals surface area contributed by atoms with Gasteiger partial charge in [0.1, 0.15) is 6.54 Å². The van der Waals surface area contributed by atoms with Crippen molar-refractivity contribution in [1.82, 2.24) is 19.6 Å². The van der Waals surface area contributed by atoms with Crippen LogP contribution in [-0.2, 0) is 11.2 Å². The van der Waals surface area contributed by atoms with Gasteiger partial charge in [-0.15, -0.1) is 0 Å². The smallest absolute Gasteiger partial charge is 0.337 e. The van der Waals surface area contributed by atoms with Gasteiger partial charge >= 0.3 is 6.18 Å². The van der Waals surface area contributed by atoms with Gasteiger partial charge in [-0.25, -0.2) is 8.78 Å². The Bertz CT molecular complexity index is 1810. The first-order chi connectivity index (χ1) is 24.8. The number of rotatable bonds is 11. The number of amides is 1. The predicted octanol–water partition coefficient (Wildman–Crippen LogP) is 8.97. The third kappa shape index (κ3) is 8.35. The fraction of sp³-hybridized carbons (Fsp3) is 0.463. The third-order valence-corrected chi connectivity index (χ3v) is 10.8. The molecule has 1 fully saturated rings. The van der Waals surface area contributed by atoms with E-state index in [1.165, 1.54) is 18.2 Å². The number of likely N-dealkylation sites (tertiary alicyclic amines) is 1. The molecule has 6 rings (SSSR count). The van der Waals surface area contributed by atoms with Gasteiger partial charge in [-0.2, -0.15) is 18.3 Å². The average molecular weight is 722 g/mol. The normalized spacial score (nSPS) is 21.3. The van der Waals surface area contributed by atoms with Gasteiger partial charge in [0.15, 0.2) is 17.5 Å². The molecule has 2 unspecified atom stereocenters. The highest BCUT2D eigenvalue weighted by atomic mass is 19.4. The zero-order valence-corrected chi connectivity index (χ0v) is 30.2. The van der Waals surface area contributed by atoms with Crippen LogP contribution in [0.5, 0.6) is 0 Å². The van der Waals surface area contributed by atoms with Crippen molar-refractivity contribution in [1.29, 1.82) is 0 Å². The van der Waals surface area contributed by atoms with E-state index in [1.807, 2.05) is 46.7 Å². The summed E-state index contributed by atoms with van der Waals surface area (Å²) in [6, 6.07) is 4.29. The Morgan fingerprint density at radius 2 is 1.83 bits per heavy atom. The summed E-state index contributed by atoms with van der Waals surface area (Å²) in [5, 5.41) is 4.89. The van der Waals surface area contributed by atoms with Gasteiger partial charge in [-0.05, 0) is 93.7 Å². The van der Waals surface area contributed by atoms with Crippen molar-refractivity contribution in [2.24, 2.45) is 11.8 Å². The second-order valence-electron chi connectivity index (χ2n) is 14.5. The topological polar surface area (TPSA) is 44.6 Å². The zero-order valence-electron chi connectivity index (χ0n) is 30.2. The minimum absolute atomic E-state index is 0.0269. The molecule has 1 aromatic carbocycles. The summed E-state index contributed by atoms with van der Waals surface area (Å²) >= 11 is 0. The highest BCUT2D eigenvalue weighted by Gasteiger charge is 2.35. The number of hydrogen-bond acceptors (Lipinski definition) is 4. The second-order valence-corrected chi connectivity index (χ2v) is 14.5. The fourth-order valence-electron chi connectivity index (χ4n) is 7.60. The lowest BCUT2D eigenvalue weighted by molar-refractivity contribution is -0.133. The van der Waals surface area contributed by atoms with E-state index in [2.05, 4.69) is 30.6 Å². The van der Waals surface area contributed by atoms with E-state index in [0.29, 0.717) is 31.6 Å². The maximum Gasteiger partial charge on any atom is 0.416 e. The molecule has 52 heavy (non-hydrogen) atoms. The number of carbonyl (C=O) groups is 1. The van der Waals surface area contributed by atoms with Crippen LogP contribution in [0.4, 0.5) is 27.8 Å². The lowest BCUT2D eigenvalue weighted by Gasteiger charge is -2.41. The summed E-state index contributed by atoms with van der Waals surface area (Å²) in [6.45, 7) is 13.8. The van der Waals surface area contributed by atoms with Gasteiger partial charge in [0.25, 0.3) is 0 Å². The minimum atomic E-state index is -4.35. The molecule has 1 aromatic heterocycles. The Kier molecular flexibility index (Phi) is 11.4. The van der Waals surface area contributed by atoms with E-state index in [0.717, 1.165) is 60.9 Å². The van der Waals surface area contributed by atoms with Gasteiger partial charge < -0.3 is 14.7 Å². The lowest BCUT2D eigenvalue weighted by atomic mass is 9.84. The number of allylic oxidation sites excluding steroid dienone is 10. The molecule has 1 saturated heterocycles. The van der Waals surface area contributed by atoms with Crippen LogP contribution in [0.1, 0.15) is 70.0 Å². The lowest BCUT2D eigenvalue weighted by Crippen LogP contribution is -2.51. The summed E-state index contributed by atoms with van der Waals surface area (Å²) in [6.07, 6.45) is 13.0. The molecule has 2 atom stereocenters. The fourth-order valence-corrected chi connectivity index (χ4v) is 7.60. The number of carbonyl (C=O) groups excluding carboxylic acids is 1. The Morgan fingerprint density at radius 1 is 1.06 bits per heavy atom. The summed E-state index contributed by atoms with van der Waals surface area (Å²) < 4.78 is 70.1. The Balaban J connectivity index is 1.22. The van der Waals surface area contributed by atoms with Gasteiger partial charge in [0.2, 0.25) is 5.91 Å². The van der Waals surface area contributed by atoms with Crippen LogP contribution in [0, 0.1) is 23.5 Å². The molecule has 0 saturated carbocycles. The van der Waals surface area contributed by atoms with E-state index in [1.54, 1.807) is 12.1 Å². The molecule has 2 aromatic rings. The number of alkyl halides is 3. The number of nitrogens with zero attached hydrogens (tertiary/aromatic N) is 5. The van der Waals surface area contributed by atoms with Crippen LogP contribution in [0.15, 0.2) is 90.4 Å². The number of hydrogen-bond donors (Lipinski definition) is 0. The van der Waals surface area contributed by atoms with Gasteiger partial charge in [0, 0.05) is 55.1 Å². The first-order valence-corrected chi connectivity index (χ1v) is 18.4. The number of benzene rings is 1. The number of anilines is 1. The number of aromatic nitrogens is 2. The first-order valence-electron chi connectivity index (χ1n) is 18.4. The number of piperidine rings is 1. The molecule has 4 aliphatic rings. The van der Waals surface area contributed by atoms with Crippen molar-refractivity contribution in [3.05, 3.63) is 113 Å². The van der Waals surface area contributed by atoms with E-state index < -0.39 is 23.4 Å². The van der Waals surface area contributed by atoms with Crippen molar-refractivity contribution in [2.45, 2.75) is 77.6 Å². The first kappa shape index (κ1) is 37.5. The summed E-state index contributed by atoms with van der Waals surface area (Å²) in [7, 11) is 0. The number of halogens is 5. The van der Waals surface area contributed by atoms with E-state index in [4.69, 9.17) is 5.10 Å². The quantitative estimate of drug-likeness (QED) is 0.218. The van der Waals surface area contributed by atoms with Crippen molar-refractivity contribution in [3.8, 4) is 0 Å². The maximum atomic E-state index is 14.7. The third-order valence-electron chi connectivity index (χ3n) is 10.8. The minimum Gasteiger partial charge on any atom is -0.337 e. The molecular formula is C41H48F5N5O. The van der Waals surface area contributed by atoms with Crippen molar-refractivity contribution >= 4 is 17.3 Å². The summed E-state index contributed by atoms with van der Waals surface area (Å²) in [5.41, 5.74) is 2.98. The van der Waals surface area contributed by atoms with E-state index in [-0.39, 0.29) is 48.4 Å². The molecule has 0 N–H and O–H groups in total. The maximum absolute atomic E-state index is 14.7. The van der Waals surface area contributed by atoms with E-state index in [9.17, 15) is 26.7 Å². The Morgan fingerprint density at radius 3 is 2.46 bits per heavy atom. The van der Waals surface area contributed by atoms with Gasteiger partial charge in [-0.3, -0.25) is 9.48 Å². The van der Waals surface area contributed by atoms with Crippen LogP contribution in [0.25, 0.3) is 5.57 Å². The molecular weight excluding hydrogens is 673 g/mol. The summed E-state index contributed by atoms with van der Waals surface area (Å²) in [5.74, 6) is -1.24. The van der Waals surface area contributed by atoms with Crippen LogP contribution in [0.2, 0.25) is 0 Å². The SMILES string of the molecule is C=C1C=C(CCc2cccc(F)c2F)N(CC(=O)N(CC2C=CC(C3C=CC(C(F)(F)F)=CC3)=CC2)C2CCN(CC)CC2)c2nn(C(C)C)cc21. The molecule has 2 aliphatic carbocycles. The van der Waals surface area contributed by atoms with Gasteiger partial charge in [-0.1, -0.05) is 62.1 Å². The molecule has 2 aliphatic heterocycles. The van der Waals surface area contributed by atoms with Crippen LogP contribution in [-0.4, -0.2) is 70.4 Å². The molecule has 0 bridgehead atoms. The number of fused-ring (bicyclic) bond motifs is 1. The zero-order chi connectivity index (χ0) is 37.2. The Labute approximate surface area is 303 Å². The van der Waals surface area contributed by atoms with Crippen LogP contribution < -0.4 is 4.90 Å². The summed E-state index contributed by atoms with van der Waals surface area (Å²) in [4.78, 5) is 21.0. The largest absolute Gasteiger partial charge is 0.416 e. The number of aryl methyl sites for hydroxylation is 1. The van der Waals surface area contributed by atoms with Crippen molar-refractivity contribution < 1.29 is 26.7 Å². The highest BCUT2D eigenvalue weighted by molar-refractivity contribution is 5.89. The molecule has 6 nitrogen and oxygen atoms in total. The van der Waals surface area contributed by atoms with E-state index >= 15 is 0 Å². The Hall–Kier alpha value is -4.25. The molecule has 1 amide bonds. The second kappa shape index (κ2) is 15.8. The molecule has 3 heterocycles. The molecule has 0 spiro atoms. The molecule has 0 radical (unpaired) electrons.